The summed E-state index contributed by atoms with van der Waals surface area (Å²) in [5.41, 5.74) is 0.805. The molecule has 0 radical (unpaired) electrons. The van der Waals surface area contributed by atoms with Crippen LogP contribution in [-0.2, 0) is 9.59 Å². The second kappa shape index (κ2) is 5.48. The third kappa shape index (κ3) is 2.63. The van der Waals surface area contributed by atoms with Gasteiger partial charge in [-0.25, -0.2) is 0 Å². The van der Waals surface area contributed by atoms with Gasteiger partial charge in [-0.2, -0.15) is 0 Å². The van der Waals surface area contributed by atoms with E-state index < -0.39 is 0 Å². The number of hydrogen-bond donors (Lipinski definition) is 1. The van der Waals surface area contributed by atoms with Crippen molar-refractivity contribution in [1.82, 2.24) is 5.32 Å². The van der Waals surface area contributed by atoms with Gasteiger partial charge in [0.1, 0.15) is 6.04 Å². The molecule has 0 aromatic heterocycles. The number of hydrogen-bond acceptors (Lipinski definition) is 2. The molecule has 1 aromatic rings. The van der Waals surface area contributed by atoms with E-state index in [4.69, 9.17) is 0 Å². The second-order valence-electron chi connectivity index (χ2n) is 5.19. The molecular formula is C14H14Br2N2O2. The van der Waals surface area contributed by atoms with Crippen molar-refractivity contribution in [3.05, 3.63) is 27.1 Å². The summed E-state index contributed by atoms with van der Waals surface area (Å²) in [5, 5.41) is 2.87. The number of benzene rings is 1. The van der Waals surface area contributed by atoms with Gasteiger partial charge in [0.2, 0.25) is 11.8 Å². The molecule has 2 amide bonds. The zero-order chi connectivity index (χ0) is 14.3. The molecule has 2 aliphatic rings. The first kappa shape index (κ1) is 14.1. The molecule has 2 fully saturated rings. The molecule has 1 atom stereocenters. The summed E-state index contributed by atoms with van der Waals surface area (Å²) in [6.07, 6.45) is 2.37. The van der Waals surface area contributed by atoms with Crippen LogP contribution in [-0.4, -0.2) is 24.4 Å². The average molecular weight is 402 g/mol. The van der Waals surface area contributed by atoms with Crippen molar-refractivity contribution in [3.8, 4) is 0 Å². The maximum Gasteiger partial charge on any atom is 0.249 e. The highest BCUT2D eigenvalue weighted by Gasteiger charge is 2.41. The maximum absolute atomic E-state index is 12.7. The summed E-state index contributed by atoms with van der Waals surface area (Å²) >= 11 is 6.99. The maximum atomic E-state index is 12.7. The summed E-state index contributed by atoms with van der Waals surface area (Å²) in [5.74, 6) is 0.250. The van der Waals surface area contributed by atoms with E-state index in [-0.39, 0.29) is 17.9 Å². The number of carbonyl (C=O) groups excluding carboxylic acids is 2. The van der Waals surface area contributed by atoms with E-state index in [1.807, 2.05) is 18.2 Å². The molecule has 1 saturated carbocycles. The number of anilines is 1. The van der Waals surface area contributed by atoms with Crippen molar-refractivity contribution in [2.24, 2.45) is 5.92 Å². The Morgan fingerprint density at radius 1 is 1.15 bits per heavy atom. The lowest BCUT2D eigenvalue weighted by Crippen LogP contribution is -2.46. The SMILES string of the molecule is O=C1CCN(c2c(Br)cccc2Br)C(=O)C(C2CC2)N1. The van der Waals surface area contributed by atoms with Gasteiger partial charge in [-0.3, -0.25) is 9.59 Å². The van der Waals surface area contributed by atoms with Crippen LogP contribution in [0.4, 0.5) is 5.69 Å². The van der Waals surface area contributed by atoms with Crippen LogP contribution >= 0.6 is 31.9 Å². The highest BCUT2D eigenvalue weighted by molar-refractivity contribution is 9.11. The zero-order valence-corrected chi connectivity index (χ0v) is 13.9. The lowest BCUT2D eigenvalue weighted by atomic mass is 10.1. The minimum atomic E-state index is -0.371. The van der Waals surface area contributed by atoms with Crippen molar-refractivity contribution in [2.75, 3.05) is 11.4 Å². The fourth-order valence-corrected chi connectivity index (χ4v) is 3.94. The van der Waals surface area contributed by atoms with E-state index in [2.05, 4.69) is 37.2 Å². The molecule has 1 aromatic carbocycles. The normalized spacial score (nSPS) is 23.5. The highest BCUT2D eigenvalue weighted by atomic mass is 79.9. The van der Waals surface area contributed by atoms with E-state index in [9.17, 15) is 9.59 Å². The molecule has 3 rings (SSSR count). The van der Waals surface area contributed by atoms with Gasteiger partial charge in [0, 0.05) is 21.9 Å². The zero-order valence-electron chi connectivity index (χ0n) is 10.7. The number of carbonyl (C=O) groups is 2. The molecule has 1 saturated heterocycles. The standard InChI is InChI=1S/C14H14Br2N2O2/c15-9-2-1-3-10(16)13(9)18-7-6-11(19)17-12(14(18)20)8-4-5-8/h1-3,8,12H,4-7H2,(H,17,19). The van der Waals surface area contributed by atoms with Crippen LogP contribution < -0.4 is 10.2 Å². The first-order chi connectivity index (χ1) is 9.58. The van der Waals surface area contributed by atoms with Gasteiger partial charge in [0.25, 0.3) is 0 Å². The fraction of sp³-hybridized carbons (Fsp3) is 0.429. The molecule has 0 bridgehead atoms. The Hall–Kier alpha value is -0.880. The molecule has 1 aliphatic carbocycles. The van der Waals surface area contributed by atoms with E-state index >= 15 is 0 Å². The summed E-state index contributed by atoms with van der Waals surface area (Å²) in [7, 11) is 0. The Labute approximate surface area is 134 Å². The van der Waals surface area contributed by atoms with Crippen molar-refractivity contribution < 1.29 is 9.59 Å². The van der Waals surface area contributed by atoms with Crippen LogP contribution in [0.2, 0.25) is 0 Å². The number of nitrogens with one attached hydrogen (secondary N) is 1. The molecule has 4 nitrogen and oxygen atoms in total. The summed E-state index contributed by atoms with van der Waals surface area (Å²) < 4.78 is 1.70. The van der Waals surface area contributed by atoms with Crippen molar-refractivity contribution >= 4 is 49.4 Å². The smallest absolute Gasteiger partial charge is 0.249 e. The molecule has 1 aliphatic heterocycles. The number of amides is 2. The second-order valence-corrected chi connectivity index (χ2v) is 6.90. The third-order valence-electron chi connectivity index (χ3n) is 3.71. The van der Waals surface area contributed by atoms with Crippen LogP contribution in [0.5, 0.6) is 0 Å². The van der Waals surface area contributed by atoms with E-state index in [1.165, 1.54) is 0 Å². The highest BCUT2D eigenvalue weighted by Crippen LogP contribution is 2.38. The monoisotopic (exact) mass is 400 g/mol. The van der Waals surface area contributed by atoms with Crippen molar-refractivity contribution in [2.45, 2.75) is 25.3 Å². The Morgan fingerprint density at radius 2 is 1.80 bits per heavy atom. The molecule has 0 spiro atoms. The Morgan fingerprint density at radius 3 is 2.40 bits per heavy atom. The minimum Gasteiger partial charge on any atom is -0.344 e. The number of nitrogens with zero attached hydrogens (tertiary/aromatic N) is 1. The molecule has 106 valence electrons. The molecular weight excluding hydrogens is 388 g/mol. The summed E-state index contributed by atoms with van der Waals surface area (Å²) in [6, 6.07) is 5.34. The minimum absolute atomic E-state index is 0.00838. The van der Waals surface area contributed by atoms with Crippen LogP contribution in [0.3, 0.4) is 0 Å². The molecule has 1 heterocycles. The summed E-state index contributed by atoms with van der Waals surface area (Å²) in [6.45, 7) is 0.412. The van der Waals surface area contributed by atoms with Gasteiger partial charge < -0.3 is 10.2 Å². The molecule has 1 unspecified atom stereocenters. The first-order valence-corrected chi connectivity index (χ1v) is 8.21. The van der Waals surface area contributed by atoms with Gasteiger partial charge in [0.05, 0.1) is 5.69 Å². The Bertz CT molecular complexity index is 552. The quantitative estimate of drug-likeness (QED) is 0.828. The van der Waals surface area contributed by atoms with Crippen LogP contribution in [0.1, 0.15) is 19.3 Å². The number of para-hydroxylation sites is 1. The fourth-order valence-electron chi connectivity index (χ4n) is 2.52. The molecule has 20 heavy (non-hydrogen) atoms. The van der Waals surface area contributed by atoms with Crippen molar-refractivity contribution in [1.29, 1.82) is 0 Å². The van der Waals surface area contributed by atoms with E-state index in [1.54, 1.807) is 4.90 Å². The number of rotatable bonds is 2. The average Bonchev–Trinajstić information content (AvgIpc) is 3.22. The predicted molar refractivity (Wildman–Crippen MR) is 83.5 cm³/mol. The Kier molecular flexibility index (Phi) is 3.86. The van der Waals surface area contributed by atoms with Crippen LogP contribution in [0.25, 0.3) is 0 Å². The molecule has 6 heteroatoms. The van der Waals surface area contributed by atoms with Gasteiger partial charge >= 0.3 is 0 Å². The summed E-state index contributed by atoms with van der Waals surface area (Å²) in [4.78, 5) is 26.3. The van der Waals surface area contributed by atoms with Gasteiger partial charge in [-0.05, 0) is 62.8 Å². The lowest BCUT2D eigenvalue weighted by molar-refractivity contribution is -0.126. The topological polar surface area (TPSA) is 49.4 Å². The molecule has 1 N–H and O–H groups in total. The predicted octanol–water partition coefficient (Wildman–Crippen LogP) is 2.84. The van der Waals surface area contributed by atoms with Gasteiger partial charge in [-0.15, -0.1) is 0 Å². The first-order valence-electron chi connectivity index (χ1n) is 6.62. The van der Waals surface area contributed by atoms with Crippen molar-refractivity contribution in [3.63, 3.8) is 0 Å². The van der Waals surface area contributed by atoms with Crippen LogP contribution in [0, 0.1) is 5.92 Å². The third-order valence-corrected chi connectivity index (χ3v) is 4.99. The number of halogens is 2. The lowest BCUT2D eigenvalue weighted by Gasteiger charge is -2.26. The van der Waals surface area contributed by atoms with Crippen LogP contribution in [0.15, 0.2) is 27.1 Å². The van der Waals surface area contributed by atoms with E-state index in [0.717, 1.165) is 27.5 Å². The largest absolute Gasteiger partial charge is 0.344 e. The van der Waals surface area contributed by atoms with E-state index in [0.29, 0.717) is 18.9 Å². The van der Waals surface area contributed by atoms with Gasteiger partial charge in [0.15, 0.2) is 0 Å². The Balaban J connectivity index is 1.98. The van der Waals surface area contributed by atoms with Gasteiger partial charge in [-0.1, -0.05) is 6.07 Å².